The number of nitrogens with zero attached hydrogens (tertiary/aromatic N) is 1. The minimum absolute atomic E-state index is 0.0557. The zero-order chi connectivity index (χ0) is 12.4. The number of anilines is 1. The maximum Gasteiger partial charge on any atom is 0.136 e. The summed E-state index contributed by atoms with van der Waals surface area (Å²) < 4.78 is 32.1. The summed E-state index contributed by atoms with van der Waals surface area (Å²) in [7, 11) is 1.43. The van der Waals surface area contributed by atoms with Gasteiger partial charge in [0.05, 0.1) is 7.11 Å². The van der Waals surface area contributed by atoms with Gasteiger partial charge < -0.3 is 10.5 Å². The molecule has 0 fully saturated rings. The molecule has 2 aromatic rings. The van der Waals surface area contributed by atoms with E-state index < -0.39 is 11.6 Å². The van der Waals surface area contributed by atoms with Gasteiger partial charge in [-0.15, -0.1) is 0 Å². The molecule has 17 heavy (non-hydrogen) atoms. The van der Waals surface area contributed by atoms with Gasteiger partial charge >= 0.3 is 0 Å². The maximum absolute atomic E-state index is 13.7. The van der Waals surface area contributed by atoms with Crippen LogP contribution in [0.2, 0.25) is 0 Å². The second-order valence-corrected chi connectivity index (χ2v) is 3.43. The second-order valence-electron chi connectivity index (χ2n) is 3.43. The summed E-state index contributed by atoms with van der Waals surface area (Å²) in [6.07, 6.45) is 1.20. The zero-order valence-electron chi connectivity index (χ0n) is 9.08. The zero-order valence-corrected chi connectivity index (χ0v) is 9.08. The number of halogens is 2. The van der Waals surface area contributed by atoms with Crippen LogP contribution in [0.5, 0.6) is 5.75 Å². The summed E-state index contributed by atoms with van der Waals surface area (Å²) in [6.45, 7) is 0. The van der Waals surface area contributed by atoms with E-state index in [1.54, 1.807) is 6.07 Å². The molecule has 88 valence electrons. The Morgan fingerprint density at radius 1 is 1.12 bits per heavy atom. The topological polar surface area (TPSA) is 48.1 Å². The third-order valence-electron chi connectivity index (χ3n) is 2.34. The Bertz CT molecular complexity index is 558. The summed E-state index contributed by atoms with van der Waals surface area (Å²) in [4.78, 5) is 3.74. The number of nitrogen functional groups attached to an aromatic ring is 1. The average Bonchev–Trinajstić information content (AvgIpc) is 2.30. The Morgan fingerprint density at radius 3 is 2.41 bits per heavy atom. The summed E-state index contributed by atoms with van der Waals surface area (Å²) in [5.41, 5.74) is 5.51. The number of nitrogens with two attached hydrogens (primary N) is 1. The molecular weight excluding hydrogens is 226 g/mol. The van der Waals surface area contributed by atoms with Crippen LogP contribution in [0.15, 0.2) is 30.5 Å². The highest BCUT2D eigenvalue weighted by Gasteiger charge is 2.11. The first-order valence-electron chi connectivity index (χ1n) is 4.86. The number of ether oxygens (including phenoxy) is 1. The van der Waals surface area contributed by atoms with Crippen molar-refractivity contribution in [3.63, 3.8) is 0 Å². The van der Waals surface area contributed by atoms with Crippen molar-refractivity contribution in [3.05, 3.63) is 42.1 Å². The molecule has 0 aliphatic rings. The van der Waals surface area contributed by atoms with Gasteiger partial charge in [0.15, 0.2) is 0 Å². The van der Waals surface area contributed by atoms with E-state index in [0.717, 1.165) is 6.07 Å². The molecule has 2 N–H and O–H groups in total. The molecule has 0 unspecified atom stereocenters. The number of hydrogen-bond acceptors (Lipinski definition) is 3. The van der Waals surface area contributed by atoms with Crippen molar-refractivity contribution in [3.8, 4) is 16.9 Å². The molecule has 0 spiro atoms. The van der Waals surface area contributed by atoms with Crippen molar-refractivity contribution >= 4 is 5.82 Å². The molecule has 2 rings (SSSR count). The number of aromatic nitrogens is 1. The Morgan fingerprint density at radius 2 is 1.82 bits per heavy atom. The quantitative estimate of drug-likeness (QED) is 0.871. The first kappa shape index (κ1) is 11.3. The number of hydrogen-bond donors (Lipinski definition) is 1. The maximum atomic E-state index is 13.7. The smallest absolute Gasteiger partial charge is 0.136 e. The minimum atomic E-state index is -0.610. The lowest BCUT2D eigenvalue weighted by Gasteiger charge is -2.07. The SMILES string of the molecule is COc1ccc(-c2cnc(N)cc2F)c(F)c1. The third-order valence-corrected chi connectivity index (χ3v) is 2.34. The average molecular weight is 236 g/mol. The molecular formula is C12H10F2N2O. The van der Waals surface area contributed by atoms with Crippen LogP contribution in [-0.2, 0) is 0 Å². The molecule has 3 nitrogen and oxygen atoms in total. The van der Waals surface area contributed by atoms with Crippen molar-refractivity contribution in [1.29, 1.82) is 0 Å². The van der Waals surface area contributed by atoms with Crippen molar-refractivity contribution in [1.82, 2.24) is 4.98 Å². The highest BCUT2D eigenvalue weighted by Crippen LogP contribution is 2.28. The van der Waals surface area contributed by atoms with Crippen LogP contribution in [-0.4, -0.2) is 12.1 Å². The fraction of sp³-hybridized carbons (Fsp3) is 0.0833. The van der Waals surface area contributed by atoms with Crippen LogP contribution in [0.3, 0.4) is 0 Å². The molecule has 1 aromatic heterocycles. The van der Waals surface area contributed by atoms with Gasteiger partial charge in [-0.1, -0.05) is 0 Å². The van der Waals surface area contributed by atoms with Crippen LogP contribution in [0.1, 0.15) is 0 Å². The fourth-order valence-corrected chi connectivity index (χ4v) is 1.49. The second kappa shape index (κ2) is 4.37. The van der Waals surface area contributed by atoms with Gasteiger partial charge in [0.1, 0.15) is 23.2 Å². The molecule has 0 saturated carbocycles. The molecule has 0 aliphatic carbocycles. The predicted molar refractivity (Wildman–Crippen MR) is 60.6 cm³/mol. The summed E-state index contributed by atoms with van der Waals surface area (Å²) in [6, 6.07) is 5.22. The molecule has 0 saturated heterocycles. The van der Waals surface area contributed by atoms with Gasteiger partial charge in [0.2, 0.25) is 0 Å². The van der Waals surface area contributed by atoms with Gasteiger partial charge in [-0.25, -0.2) is 13.8 Å². The normalized spacial score (nSPS) is 10.3. The Balaban J connectivity index is 2.53. The predicted octanol–water partition coefficient (Wildman–Crippen LogP) is 2.62. The fourth-order valence-electron chi connectivity index (χ4n) is 1.49. The molecule has 0 atom stereocenters. The van der Waals surface area contributed by atoms with Gasteiger partial charge in [0.25, 0.3) is 0 Å². The summed E-state index contributed by atoms with van der Waals surface area (Å²) >= 11 is 0. The van der Waals surface area contributed by atoms with Gasteiger partial charge in [-0.2, -0.15) is 0 Å². The van der Waals surface area contributed by atoms with E-state index in [1.165, 1.54) is 25.4 Å². The first-order chi connectivity index (χ1) is 8.11. The van der Waals surface area contributed by atoms with Crippen LogP contribution in [0.25, 0.3) is 11.1 Å². The van der Waals surface area contributed by atoms with Gasteiger partial charge in [0, 0.05) is 29.5 Å². The number of benzene rings is 1. The van der Waals surface area contributed by atoms with Crippen molar-refractivity contribution in [2.24, 2.45) is 0 Å². The molecule has 1 heterocycles. The summed E-state index contributed by atoms with van der Waals surface area (Å²) in [5, 5.41) is 0. The highest BCUT2D eigenvalue weighted by molar-refractivity contribution is 5.65. The van der Waals surface area contributed by atoms with E-state index in [4.69, 9.17) is 10.5 Å². The van der Waals surface area contributed by atoms with E-state index in [-0.39, 0.29) is 16.9 Å². The van der Waals surface area contributed by atoms with Crippen LogP contribution in [0.4, 0.5) is 14.6 Å². The lowest BCUT2D eigenvalue weighted by molar-refractivity contribution is 0.411. The van der Waals surface area contributed by atoms with Gasteiger partial charge in [-0.05, 0) is 12.1 Å². The molecule has 0 aliphatic heterocycles. The number of methoxy groups -OCH3 is 1. The molecule has 0 bridgehead atoms. The number of pyridine rings is 1. The van der Waals surface area contributed by atoms with Gasteiger partial charge in [-0.3, -0.25) is 0 Å². The monoisotopic (exact) mass is 236 g/mol. The van der Waals surface area contributed by atoms with E-state index in [0.29, 0.717) is 5.75 Å². The van der Waals surface area contributed by atoms with E-state index >= 15 is 0 Å². The molecule has 1 aromatic carbocycles. The van der Waals surface area contributed by atoms with Crippen LogP contribution < -0.4 is 10.5 Å². The van der Waals surface area contributed by atoms with Crippen LogP contribution in [0, 0.1) is 11.6 Å². The van der Waals surface area contributed by atoms with Crippen molar-refractivity contribution < 1.29 is 13.5 Å². The Kier molecular flexibility index (Phi) is 2.91. The molecule has 0 radical (unpaired) electrons. The van der Waals surface area contributed by atoms with Crippen LogP contribution >= 0.6 is 0 Å². The lowest BCUT2D eigenvalue weighted by atomic mass is 10.1. The van der Waals surface area contributed by atoms with E-state index in [2.05, 4.69) is 4.98 Å². The highest BCUT2D eigenvalue weighted by atomic mass is 19.1. The standard InChI is InChI=1S/C12H10F2N2O/c1-17-7-2-3-8(10(13)4-7)9-6-16-12(15)5-11(9)14/h2-6H,1H3,(H2,15,16). The Labute approximate surface area is 96.9 Å². The molecule has 0 amide bonds. The molecule has 5 heteroatoms. The third kappa shape index (κ3) is 2.18. The Hall–Kier alpha value is -2.17. The first-order valence-corrected chi connectivity index (χ1v) is 4.86. The van der Waals surface area contributed by atoms with E-state index in [9.17, 15) is 8.78 Å². The van der Waals surface area contributed by atoms with Crippen molar-refractivity contribution in [2.75, 3.05) is 12.8 Å². The lowest BCUT2D eigenvalue weighted by Crippen LogP contribution is -1.95. The minimum Gasteiger partial charge on any atom is -0.497 e. The largest absolute Gasteiger partial charge is 0.497 e. The number of rotatable bonds is 2. The summed E-state index contributed by atoms with van der Waals surface area (Å²) in [5.74, 6) is -0.758. The van der Waals surface area contributed by atoms with E-state index in [1.807, 2.05) is 0 Å². The van der Waals surface area contributed by atoms with Crippen molar-refractivity contribution in [2.45, 2.75) is 0 Å².